The van der Waals surface area contributed by atoms with E-state index in [0.29, 0.717) is 23.4 Å². The van der Waals surface area contributed by atoms with E-state index in [9.17, 15) is 13.2 Å². The van der Waals surface area contributed by atoms with E-state index in [-0.39, 0.29) is 0 Å². The molecule has 2 aromatic rings. The Hall–Kier alpha value is -1.98. The second kappa shape index (κ2) is 4.72. The van der Waals surface area contributed by atoms with E-state index < -0.39 is 11.9 Å². The molecule has 2 rings (SSSR count). The zero-order valence-corrected chi connectivity index (χ0v) is 9.57. The molecule has 0 radical (unpaired) electrons. The maximum absolute atomic E-state index is 12.3. The van der Waals surface area contributed by atoms with Crippen molar-refractivity contribution in [3.63, 3.8) is 0 Å². The van der Waals surface area contributed by atoms with Crippen molar-refractivity contribution in [1.82, 2.24) is 15.0 Å². The number of aromatic nitrogens is 3. The van der Waals surface area contributed by atoms with E-state index in [1.54, 1.807) is 12.4 Å². The van der Waals surface area contributed by atoms with Crippen molar-refractivity contribution in [3.8, 4) is 11.1 Å². The summed E-state index contributed by atoms with van der Waals surface area (Å²) in [5, 5.41) is 0. The Morgan fingerprint density at radius 3 is 2.00 bits per heavy atom. The molecule has 0 aliphatic carbocycles. The summed E-state index contributed by atoms with van der Waals surface area (Å²) in [7, 11) is 0. The average Bonchev–Trinajstić information content (AvgIpc) is 2.38. The highest BCUT2D eigenvalue weighted by atomic mass is 19.4. The third-order valence-corrected chi connectivity index (χ3v) is 2.41. The number of hydrogen-bond donors (Lipinski definition) is 0. The van der Waals surface area contributed by atoms with E-state index >= 15 is 0 Å². The van der Waals surface area contributed by atoms with Crippen molar-refractivity contribution < 1.29 is 13.2 Å². The summed E-state index contributed by atoms with van der Waals surface area (Å²) in [6.07, 6.45) is 0.631. The molecule has 18 heavy (non-hydrogen) atoms. The highest BCUT2D eigenvalue weighted by Crippen LogP contribution is 2.28. The van der Waals surface area contributed by atoms with Crippen molar-refractivity contribution in [2.45, 2.75) is 19.5 Å². The minimum absolute atomic E-state index is 0.561. The average molecular weight is 253 g/mol. The number of aryl methyl sites for hydroxylation is 1. The van der Waals surface area contributed by atoms with Crippen molar-refractivity contribution in [2.24, 2.45) is 0 Å². The van der Waals surface area contributed by atoms with Gasteiger partial charge in [-0.15, -0.1) is 0 Å². The van der Waals surface area contributed by atoms with Crippen LogP contribution in [0.15, 0.2) is 30.7 Å². The van der Waals surface area contributed by atoms with Gasteiger partial charge in [0.1, 0.15) is 11.5 Å². The quantitative estimate of drug-likeness (QED) is 0.825. The smallest absolute Gasteiger partial charge is 0.251 e. The maximum Gasteiger partial charge on any atom is 0.433 e. The fourth-order valence-corrected chi connectivity index (χ4v) is 1.42. The zero-order valence-electron chi connectivity index (χ0n) is 9.57. The SMILES string of the molecule is CCc1ncc(-c2ccc(C(F)(F)F)nc2)cn1. The molecule has 0 saturated heterocycles. The molecule has 94 valence electrons. The minimum atomic E-state index is -4.42. The number of nitrogens with zero attached hydrogens (tertiary/aromatic N) is 3. The molecule has 0 spiro atoms. The van der Waals surface area contributed by atoms with Crippen LogP contribution in [0.1, 0.15) is 18.4 Å². The Kier molecular flexibility index (Phi) is 3.27. The summed E-state index contributed by atoms with van der Waals surface area (Å²) in [6, 6.07) is 2.31. The van der Waals surface area contributed by atoms with Gasteiger partial charge in [-0.3, -0.25) is 4.98 Å². The monoisotopic (exact) mass is 253 g/mol. The van der Waals surface area contributed by atoms with Crippen LogP contribution in [-0.2, 0) is 12.6 Å². The highest BCUT2D eigenvalue weighted by Gasteiger charge is 2.32. The summed E-state index contributed by atoms with van der Waals surface area (Å²) >= 11 is 0. The number of hydrogen-bond acceptors (Lipinski definition) is 3. The van der Waals surface area contributed by atoms with Crippen molar-refractivity contribution in [3.05, 3.63) is 42.2 Å². The van der Waals surface area contributed by atoms with Gasteiger partial charge in [-0.25, -0.2) is 9.97 Å². The van der Waals surface area contributed by atoms with Gasteiger partial charge in [0.2, 0.25) is 0 Å². The van der Waals surface area contributed by atoms with Gasteiger partial charge in [0.15, 0.2) is 0 Å². The van der Waals surface area contributed by atoms with Gasteiger partial charge in [-0.2, -0.15) is 13.2 Å². The molecule has 2 heterocycles. The molecular weight excluding hydrogens is 243 g/mol. The lowest BCUT2D eigenvalue weighted by Crippen LogP contribution is -2.07. The summed E-state index contributed by atoms with van der Waals surface area (Å²) in [6.45, 7) is 1.93. The van der Waals surface area contributed by atoms with Crippen LogP contribution in [-0.4, -0.2) is 15.0 Å². The van der Waals surface area contributed by atoms with Crippen LogP contribution in [0.3, 0.4) is 0 Å². The molecule has 0 aromatic carbocycles. The molecule has 0 amide bonds. The first-order valence-corrected chi connectivity index (χ1v) is 5.35. The lowest BCUT2D eigenvalue weighted by Gasteiger charge is -2.06. The molecular formula is C12H10F3N3. The molecule has 0 N–H and O–H groups in total. The first-order valence-electron chi connectivity index (χ1n) is 5.35. The van der Waals surface area contributed by atoms with Gasteiger partial charge < -0.3 is 0 Å². The molecule has 6 heteroatoms. The van der Waals surface area contributed by atoms with Crippen LogP contribution in [0.2, 0.25) is 0 Å². The Morgan fingerprint density at radius 2 is 1.56 bits per heavy atom. The zero-order chi connectivity index (χ0) is 13.2. The van der Waals surface area contributed by atoms with Crippen LogP contribution >= 0.6 is 0 Å². The van der Waals surface area contributed by atoms with Crippen molar-refractivity contribution in [2.75, 3.05) is 0 Å². The minimum Gasteiger partial charge on any atom is -0.251 e. The van der Waals surface area contributed by atoms with Crippen LogP contribution in [0.25, 0.3) is 11.1 Å². The Labute approximate surface area is 102 Å². The summed E-state index contributed by atoms with van der Waals surface area (Å²) in [5.74, 6) is 0.693. The maximum atomic E-state index is 12.3. The van der Waals surface area contributed by atoms with Crippen LogP contribution in [0, 0.1) is 0 Å². The summed E-state index contributed by atoms with van der Waals surface area (Å²) in [4.78, 5) is 11.6. The van der Waals surface area contributed by atoms with Crippen molar-refractivity contribution in [1.29, 1.82) is 0 Å². The van der Waals surface area contributed by atoms with Gasteiger partial charge in [-0.05, 0) is 6.07 Å². The number of alkyl halides is 3. The molecule has 0 bridgehead atoms. The molecule has 0 fully saturated rings. The number of pyridine rings is 1. The number of rotatable bonds is 2. The van der Waals surface area contributed by atoms with E-state index in [4.69, 9.17) is 0 Å². The highest BCUT2D eigenvalue weighted by molar-refractivity contribution is 5.60. The van der Waals surface area contributed by atoms with E-state index in [1.807, 2.05) is 6.92 Å². The molecule has 0 aliphatic heterocycles. The third kappa shape index (κ3) is 2.64. The first kappa shape index (κ1) is 12.5. The predicted octanol–water partition coefficient (Wildman–Crippen LogP) is 3.12. The molecule has 2 aromatic heterocycles. The first-order chi connectivity index (χ1) is 8.50. The Morgan fingerprint density at radius 1 is 0.944 bits per heavy atom. The van der Waals surface area contributed by atoms with E-state index in [0.717, 1.165) is 6.07 Å². The second-order valence-electron chi connectivity index (χ2n) is 3.67. The molecule has 3 nitrogen and oxygen atoms in total. The Bertz CT molecular complexity index is 518. The standard InChI is InChI=1S/C12H10F3N3/c1-2-11-17-6-9(7-18-11)8-3-4-10(16-5-8)12(13,14)15/h3-7H,2H2,1H3. The largest absolute Gasteiger partial charge is 0.433 e. The summed E-state index contributed by atoms with van der Waals surface area (Å²) < 4.78 is 37.0. The molecule has 0 aliphatic rings. The van der Waals surface area contributed by atoms with E-state index in [2.05, 4.69) is 15.0 Å². The van der Waals surface area contributed by atoms with Crippen LogP contribution in [0.4, 0.5) is 13.2 Å². The fourth-order valence-electron chi connectivity index (χ4n) is 1.42. The molecule has 0 unspecified atom stereocenters. The predicted molar refractivity (Wildman–Crippen MR) is 59.6 cm³/mol. The lowest BCUT2D eigenvalue weighted by atomic mass is 10.1. The molecule has 0 saturated carbocycles. The van der Waals surface area contributed by atoms with Gasteiger partial charge in [0.05, 0.1) is 0 Å². The van der Waals surface area contributed by atoms with Crippen LogP contribution < -0.4 is 0 Å². The molecule has 0 atom stereocenters. The topological polar surface area (TPSA) is 38.7 Å². The van der Waals surface area contributed by atoms with Gasteiger partial charge in [0, 0.05) is 36.1 Å². The fraction of sp³-hybridized carbons (Fsp3) is 0.250. The van der Waals surface area contributed by atoms with Gasteiger partial charge in [0.25, 0.3) is 0 Å². The van der Waals surface area contributed by atoms with Gasteiger partial charge >= 0.3 is 6.18 Å². The normalized spacial score (nSPS) is 11.6. The lowest BCUT2D eigenvalue weighted by molar-refractivity contribution is -0.141. The van der Waals surface area contributed by atoms with Crippen LogP contribution in [0.5, 0.6) is 0 Å². The van der Waals surface area contributed by atoms with E-state index in [1.165, 1.54) is 12.3 Å². The third-order valence-electron chi connectivity index (χ3n) is 2.41. The van der Waals surface area contributed by atoms with Gasteiger partial charge in [-0.1, -0.05) is 13.0 Å². The van der Waals surface area contributed by atoms with Crippen molar-refractivity contribution >= 4 is 0 Å². The summed E-state index contributed by atoms with van der Waals surface area (Å²) in [5.41, 5.74) is 0.302. The number of halogens is 3. The second-order valence-corrected chi connectivity index (χ2v) is 3.67. The Balaban J connectivity index is 2.28.